The van der Waals surface area contributed by atoms with E-state index < -0.39 is 10.0 Å². The highest BCUT2D eigenvalue weighted by atomic mass is 32.2. The van der Waals surface area contributed by atoms with Gasteiger partial charge in [-0.2, -0.15) is 13.7 Å². The Kier molecular flexibility index (Phi) is 4.61. The monoisotopic (exact) mass is 355 g/mol. The minimum absolute atomic E-state index is 0.108. The van der Waals surface area contributed by atoms with Gasteiger partial charge in [0.25, 0.3) is 5.89 Å². The normalized spacial score (nSPS) is 12.0. The summed E-state index contributed by atoms with van der Waals surface area (Å²) >= 11 is 0.975. The Bertz CT molecular complexity index is 905. The number of nitrogens with zero attached hydrogens (tertiary/aromatic N) is 4. The summed E-state index contributed by atoms with van der Waals surface area (Å²) in [6.45, 7) is 0.361. The molecule has 0 atom stereocenters. The van der Waals surface area contributed by atoms with Crippen molar-refractivity contribution in [2.45, 2.75) is 17.9 Å². The largest absolute Gasteiger partial charge is 0.375 e. The quantitative estimate of drug-likeness (QED) is 0.659. The summed E-state index contributed by atoms with van der Waals surface area (Å²) in [5, 5.41) is 3.75. The summed E-state index contributed by atoms with van der Waals surface area (Å²) in [6.07, 6.45) is 0.303. The van der Waals surface area contributed by atoms with Crippen molar-refractivity contribution in [1.82, 2.24) is 23.6 Å². The average molecular weight is 355 g/mol. The van der Waals surface area contributed by atoms with E-state index in [1.807, 2.05) is 0 Å². The van der Waals surface area contributed by atoms with Gasteiger partial charge in [-0.05, 0) is 12.1 Å². The molecule has 9 nitrogen and oxygen atoms in total. The Morgan fingerprint density at radius 1 is 1.35 bits per heavy atom. The van der Waals surface area contributed by atoms with Crippen LogP contribution >= 0.6 is 11.7 Å². The zero-order valence-corrected chi connectivity index (χ0v) is 13.7. The zero-order chi connectivity index (χ0) is 16.3. The molecule has 0 bridgehead atoms. The fourth-order valence-electron chi connectivity index (χ4n) is 1.95. The van der Waals surface area contributed by atoms with Gasteiger partial charge in [-0.1, -0.05) is 11.2 Å². The molecular formula is C12H13N5O4S2. The van der Waals surface area contributed by atoms with Crippen LogP contribution in [0, 0.1) is 0 Å². The maximum Gasteiger partial charge on any atom is 0.252 e. The van der Waals surface area contributed by atoms with Gasteiger partial charge < -0.3 is 9.26 Å². The molecule has 3 rings (SSSR count). The highest BCUT2D eigenvalue weighted by Crippen LogP contribution is 2.20. The molecular weight excluding hydrogens is 342 g/mol. The highest BCUT2D eigenvalue weighted by Gasteiger charge is 2.19. The van der Waals surface area contributed by atoms with Crippen molar-refractivity contribution in [3.63, 3.8) is 0 Å². The van der Waals surface area contributed by atoms with Crippen molar-refractivity contribution in [2.75, 3.05) is 13.7 Å². The number of benzene rings is 1. The molecule has 11 heteroatoms. The number of fused-ring (bicyclic) bond motifs is 1. The molecule has 2 aromatic heterocycles. The summed E-state index contributed by atoms with van der Waals surface area (Å²) in [6, 6.07) is 4.85. The predicted octanol–water partition coefficient (Wildman–Crippen LogP) is 0.742. The van der Waals surface area contributed by atoms with Crippen LogP contribution in [0.4, 0.5) is 0 Å². The molecule has 1 N–H and O–H groups in total. The minimum Gasteiger partial charge on any atom is -0.375 e. The van der Waals surface area contributed by atoms with E-state index in [0.29, 0.717) is 29.2 Å². The first-order valence-electron chi connectivity index (χ1n) is 6.61. The molecule has 0 aliphatic rings. The van der Waals surface area contributed by atoms with Gasteiger partial charge in [0.05, 0.1) is 11.7 Å². The predicted molar refractivity (Wildman–Crippen MR) is 81.3 cm³/mol. The topological polar surface area (TPSA) is 120 Å². The summed E-state index contributed by atoms with van der Waals surface area (Å²) < 4.78 is 45.1. The zero-order valence-electron chi connectivity index (χ0n) is 12.1. The second kappa shape index (κ2) is 6.66. The Morgan fingerprint density at radius 2 is 2.22 bits per heavy atom. The van der Waals surface area contributed by atoms with Crippen molar-refractivity contribution in [3.05, 3.63) is 29.9 Å². The lowest BCUT2D eigenvalue weighted by Gasteiger charge is -2.05. The number of methoxy groups -OCH3 is 1. The fourth-order valence-corrected chi connectivity index (χ4v) is 3.74. The molecule has 0 saturated carbocycles. The van der Waals surface area contributed by atoms with Gasteiger partial charge in [0.1, 0.15) is 22.5 Å². The molecule has 0 unspecified atom stereocenters. The van der Waals surface area contributed by atoms with Crippen molar-refractivity contribution in [3.8, 4) is 0 Å². The summed E-state index contributed by atoms with van der Waals surface area (Å²) in [4.78, 5) is 4.18. The molecule has 0 saturated heterocycles. The second-order valence-corrected chi connectivity index (χ2v) is 6.84. The molecule has 3 aromatic rings. The number of nitrogens with one attached hydrogen (secondary N) is 1. The van der Waals surface area contributed by atoms with Crippen LogP contribution in [0.3, 0.4) is 0 Å². The standard InChI is InChI=1S/C12H13N5O4S2/c1-20-7-11-14-10(15-21-11)5-6-13-23(18,19)9-4-2-3-8-12(9)17-22-16-8/h2-4,13H,5-7H2,1H3. The van der Waals surface area contributed by atoms with Crippen molar-refractivity contribution in [1.29, 1.82) is 0 Å². The van der Waals surface area contributed by atoms with E-state index in [9.17, 15) is 8.42 Å². The van der Waals surface area contributed by atoms with Gasteiger partial charge in [-0.15, -0.1) is 0 Å². The van der Waals surface area contributed by atoms with Gasteiger partial charge in [0, 0.05) is 20.1 Å². The molecule has 0 radical (unpaired) electrons. The number of aromatic nitrogens is 4. The average Bonchev–Trinajstić information content (AvgIpc) is 3.16. The summed E-state index contributed by atoms with van der Waals surface area (Å²) in [5.41, 5.74) is 0.923. The second-order valence-electron chi connectivity index (χ2n) is 4.57. The molecule has 2 heterocycles. The lowest BCUT2D eigenvalue weighted by molar-refractivity contribution is 0.151. The third-order valence-corrected chi connectivity index (χ3v) is 4.99. The van der Waals surface area contributed by atoms with Crippen molar-refractivity contribution >= 4 is 32.8 Å². The smallest absolute Gasteiger partial charge is 0.252 e. The maximum absolute atomic E-state index is 12.4. The fraction of sp³-hybridized carbons (Fsp3) is 0.333. The van der Waals surface area contributed by atoms with Gasteiger partial charge in [0.15, 0.2) is 5.82 Å². The third kappa shape index (κ3) is 3.52. The Balaban J connectivity index is 1.68. The van der Waals surface area contributed by atoms with Gasteiger partial charge in [0.2, 0.25) is 10.0 Å². The van der Waals surface area contributed by atoms with Crippen LogP contribution < -0.4 is 4.72 Å². The summed E-state index contributed by atoms with van der Waals surface area (Å²) in [5.74, 6) is 0.761. The number of sulfonamides is 1. The molecule has 122 valence electrons. The van der Waals surface area contributed by atoms with E-state index in [1.165, 1.54) is 13.2 Å². The Hall–Kier alpha value is -1.95. The first kappa shape index (κ1) is 15.9. The number of rotatable bonds is 7. The molecule has 1 aromatic carbocycles. The molecule has 0 aliphatic heterocycles. The summed E-state index contributed by atoms with van der Waals surface area (Å²) in [7, 11) is -2.17. The number of hydrogen-bond donors (Lipinski definition) is 1. The first-order chi connectivity index (χ1) is 11.1. The van der Waals surface area contributed by atoms with Crippen LogP contribution in [0.2, 0.25) is 0 Å². The number of hydrogen-bond acceptors (Lipinski definition) is 9. The van der Waals surface area contributed by atoms with Gasteiger partial charge in [-0.25, -0.2) is 13.1 Å². The lowest BCUT2D eigenvalue weighted by atomic mass is 10.3. The molecule has 0 amide bonds. The van der Waals surface area contributed by atoms with Crippen LogP contribution in [-0.2, 0) is 27.8 Å². The van der Waals surface area contributed by atoms with Crippen molar-refractivity contribution < 1.29 is 17.7 Å². The maximum atomic E-state index is 12.4. The van der Waals surface area contributed by atoms with Gasteiger partial charge >= 0.3 is 0 Å². The highest BCUT2D eigenvalue weighted by molar-refractivity contribution is 7.89. The SMILES string of the molecule is COCc1nc(CCNS(=O)(=O)c2cccc3nsnc23)no1. The molecule has 0 spiro atoms. The van der Waals surface area contributed by atoms with E-state index in [4.69, 9.17) is 9.26 Å². The molecule has 23 heavy (non-hydrogen) atoms. The van der Waals surface area contributed by atoms with Gasteiger partial charge in [-0.3, -0.25) is 0 Å². The number of ether oxygens (including phenoxy) is 1. The van der Waals surface area contributed by atoms with Crippen LogP contribution in [0.1, 0.15) is 11.7 Å². The van der Waals surface area contributed by atoms with Crippen LogP contribution in [0.25, 0.3) is 11.0 Å². The first-order valence-corrected chi connectivity index (χ1v) is 8.83. The third-order valence-electron chi connectivity index (χ3n) is 2.96. The van der Waals surface area contributed by atoms with E-state index in [2.05, 4.69) is 23.6 Å². The Morgan fingerprint density at radius 3 is 3.04 bits per heavy atom. The molecule has 0 aliphatic carbocycles. The van der Waals surface area contributed by atoms with Crippen LogP contribution in [0.15, 0.2) is 27.6 Å². The van der Waals surface area contributed by atoms with E-state index in [-0.39, 0.29) is 18.0 Å². The Labute approximate surface area is 136 Å². The van der Waals surface area contributed by atoms with Crippen LogP contribution in [0.5, 0.6) is 0 Å². The van der Waals surface area contributed by atoms with E-state index in [0.717, 1.165) is 11.7 Å². The lowest BCUT2D eigenvalue weighted by Crippen LogP contribution is -2.26. The van der Waals surface area contributed by atoms with E-state index in [1.54, 1.807) is 12.1 Å². The van der Waals surface area contributed by atoms with E-state index >= 15 is 0 Å². The molecule has 0 fully saturated rings. The van der Waals surface area contributed by atoms with Crippen molar-refractivity contribution in [2.24, 2.45) is 0 Å². The minimum atomic E-state index is -3.69. The van der Waals surface area contributed by atoms with Crippen LogP contribution in [-0.4, -0.2) is 41.0 Å².